The minimum absolute atomic E-state index is 0.0474. The molecular formula is C15H23NO3S. The third-order valence-corrected chi connectivity index (χ3v) is 5.72. The summed E-state index contributed by atoms with van der Waals surface area (Å²) in [4.78, 5) is 0. The molecule has 1 aliphatic rings. The zero-order valence-electron chi connectivity index (χ0n) is 12.3. The van der Waals surface area contributed by atoms with Gasteiger partial charge in [-0.25, -0.2) is 8.42 Å². The van der Waals surface area contributed by atoms with Crippen LogP contribution in [0.1, 0.15) is 37.8 Å². The third-order valence-electron chi connectivity index (χ3n) is 4.06. The Bertz CT molecular complexity index is 556. The predicted octanol–water partition coefficient (Wildman–Crippen LogP) is 2.31. The Balaban J connectivity index is 2.09. The summed E-state index contributed by atoms with van der Waals surface area (Å²) in [7, 11) is -1.33. The Morgan fingerprint density at radius 3 is 2.75 bits per heavy atom. The number of hydrogen-bond acceptors (Lipinski definition) is 4. The van der Waals surface area contributed by atoms with Crippen LogP contribution < -0.4 is 10.1 Å². The molecule has 1 aliphatic carbocycles. The van der Waals surface area contributed by atoms with Gasteiger partial charge in [0.15, 0.2) is 9.84 Å². The van der Waals surface area contributed by atoms with E-state index in [9.17, 15) is 8.42 Å². The molecule has 1 N–H and O–H groups in total. The van der Waals surface area contributed by atoms with E-state index in [1.165, 1.54) is 6.26 Å². The summed E-state index contributed by atoms with van der Waals surface area (Å²) in [5.41, 5.74) is 1.11. The standard InChI is InChI=1S/C15H23NO3S/c1-11(12-6-4-7-13(10-12)19-2)16-14-8-5-9-15(14)20(3,17)18/h4,6-7,10-11,14-16H,5,8-9H2,1-3H3/t11-,14?,15?/m0/s1. The molecule has 1 saturated carbocycles. The summed E-state index contributed by atoms with van der Waals surface area (Å²) in [5.74, 6) is 0.822. The minimum atomic E-state index is -2.98. The molecule has 0 bridgehead atoms. The van der Waals surface area contributed by atoms with Crippen LogP contribution in [0.5, 0.6) is 5.75 Å². The van der Waals surface area contributed by atoms with Crippen molar-refractivity contribution in [1.82, 2.24) is 5.32 Å². The second-order valence-corrected chi connectivity index (χ2v) is 7.83. The smallest absolute Gasteiger partial charge is 0.151 e. The van der Waals surface area contributed by atoms with E-state index in [2.05, 4.69) is 12.2 Å². The first-order chi connectivity index (χ1) is 9.41. The van der Waals surface area contributed by atoms with E-state index in [1.807, 2.05) is 24.3 Å². The van der Waals surface area contributed by atoms with E-state index in [-0.39, 0.29) is 17.3 Å². The van der Waals surface area contributed by atoms with Gasteiger partial charge >= 0.3 is 0 Å². The minimum Gasteiger partial charge on any atom is -0.497 e. The number of ether oxygens (including phenoxy) is 1. The van der Waals surface area contributed by atoms with Crippen molar-refractivity contribution in [3.05, 3.63) is 29.8 Å². The molecule has 0 radical (unpaired) electrons. The van der Waals surface area contributed by atoms with Crippen molar-refractivity contribution in [2.24, 2.45) is 0 Å². The van der Waals surface area contributed by atoms with Crippen LogP contribution in [-0.2, 0) is 9.84 Å². The Hall–Kier alpha value is -1.07. The largest absolute Gasteiger partial charge is 0.497 e. The van der Waals surface area contributed by atoms with E-state index in [4.69, 9.17) is 4.74 Å². The van der Waals surface area contributed by atoms with Crippen LogP contribution in [0.4, 0.5) is 0 Å². The summed E-state index contributed by atoms with van der Waals surface area (Å²) in [6, 6.07) is 8.04. The molecule has 1 fully saturated rings. The van der Waals surface area contributed by atoms with Crippen molar-refractivity contribution < 1.29 is 13.2 Å². The Morgan fingerprint density at radius 2 is 2.10 bits per heavy atom. The fourth-order valence-corrected chi connectivity index (χ4v) is 4.36. The molecule has 0 aromatic heterocycles. The molecule has 20 heavy (non-hydrogen) atoms. The van der Waals surface area contributed by atoms with Crippen LogP contribution >= 0.6 is 0 Å². The zero-order valence-corrected chi connectivity index (χ0v) is 13.1. The Morgan fingerprint density at radius 1 is 1.35 bits per heavy atom. The van der Waals surface area contributed by atoms with Crippen LogP contribution in [0.3, 0.4) is 0 Å². The molecule has 0 saturated heterocycles. The molecule has 0 amide bonds. The molecule has 3 atom stereocenters. The molecule has 1 aromatic rings. The van der Waals surface area contributed by atoms with Gasteiger partial charge in [0.2, 0.25) is 0 Å². The zero-order chi connectivity index (χ0) is 14.8. The average Bonchev–Trinajstić information content (AvgIpc) is 2.87. The van der Waals surface area contributed by atoms with E-state index in [0.717, 1.165) is 30.6 Å². The second kappa shape index (κ2) is 6.14. The first-order valence-electron chi connectivity index (χ1n) is 7.00. The summed E-state index contributed by atoms with van der Waals surface area (Å²) in [6.45, 7) is 2.06. The fourth-order valence-electron chi connectivity index (χ4n) is 2.96. The van der Waals surface area contributed by atoms with Crippen molar-refractivity contribution in [2.45, 2.75) is 43.5 Å². The topological polar surface area (TPSA) is 55.4 Å². The van der Waals surface area contributed by atoms with Gasteiger partial charge in [0.25, 0.3) is 0 Å². The number of hydrogen-bond donors (Lipinski definition) is 1. The average molecular weight is 297 g/mol. The van der Waals surface area contributed by atoms with Gasteiger partial charge < -0.3 is 10.1 Å². The molecule has 2 unspecified atom stereocenters. The Labute approximate surface area is 121 Å². The number of nitrogens with one attached hydrogen (secondary N) is 1. The highest BCUT2D eigenvalue weighted by Gasteiger charge is 2.35. The van der Waals surface area contributed by atoms with E-state index >= 15 is 0 Å². The highest BCUT2D eigenvalue weighted by Crippen LogP contribution is 2.28. The maximum Gasteiger partial charge on any atom is 0.151 e. The van der Waals surface area contributed by atoms with Crippen molar-refractivity contribution in [1.29, 1.82) is 0 Å². The van der Waals surface area contributed by atoms with Gasteiger partial charge in [-0.15, -0.1) is 0 Å². The van der Waals surface area contributed by atoms with Crippen LogP contribution in [-0.4, -0.2) is 33.1 Å². The van der Waals surface area contributed by atoms with Crippen molar-refractivity contribution in [3.63, 3.8) is 0 Å². The van der Waals surface area contributed by atoms with Gasteiger partial charge in [-0.2, -0.15) is 0 Å². The molecule has 0 spiro atoms. The van der Waals surface area contributed by atoms with Crippen LogP contribution in [0, 0.1) is 0 Å². The first-order valence-corrected chi connectivity index (χ1v) is 8.96. The van der Waals surface area contributed by atoms with Crippen molar-refractivity contribution >= 4 is 9.84 Å². The van der Waals surface area contributed by atoms with E-state index in [0.29, 0.717) is 0 Å². The first kappa shape index (κ1) is 15.3. The van der Waals surface area contributed by atoms with Gasteiger partial charge in [0.05, 0.1) is 12.4 Å². The van der Waals surface area contributed by atoms with E-state index < -0.39 is 9.84 Å². The monoisotopic (exact) mass is 297 g/mol. The molecule has 112 valence electrons. The van der Waals surface area contributed by atoms with E-state index in [1.54, 1.807) is 7.11 Å². The lowest BCUT2D eigenvalue weighted by atomic mass is 10.1. The predicted molar refractivity (Wildman–Crippen MR) is 80.8 cm³/mol. The lowest BCUT2D eigenvalue weighted by Crippen LogP contribution is -2.41. The van der Waals surface area contributed by atoms with Crippen LogP contribution in [0.15, 0.2) is 24.3 Å². The maximum atomic E-state index is 11.8. The second-order valence-electron chi connectivity index (χ2n) is 5.57. The van der Waals surface area contributed by atoms with Crippen molar-refractivity contribution in [2.75, 3.05) is 13.4 Å². The van der Waals surface area contributed by atoms with Gasteiger partial charge in [0.1, 0.15) is 5.75 Å². The quantitative estimate of drug-likeness (QED) is 0.906. The van der Waals surface area contributed by atoms with Crippen LogP contribution in [0.2, 0.25) is 0 Å². The summed E-state index contributed by atoms with van der Waals surface area (Å²) < 4.78 is 28.8. The number of rotatable bonds is 5. The third kappa shape index (κ3) is 3.52. The number of benzene rings is 1. The molecule has 0 heterocycles. The molecule has 4 nitrogen and oxygen atoms in total. The molecule has 5 heteroatoms. The molecule has 0 aliphatic heterocycles. The molecular weight excluding hydrogens is 274 g/mol. The lowest BCUT2D eigenvalue weighted by Gasteiger charge is -2.24. The van der Waals surface area contributed by atoms with Gasteiger partial charge in [-0.05, 0) is 37.5 Å². The summed E-state index contributed by atoms with van der Waals surface area (Å²) in [5, 5.41) is 3.21. The summed E-state index contributed by atoms with van der Waals surface area (Å²) in [6.07, 6.45) is 4.00. The molecule has 1 aromatic carbocycles. The highest BCUT2D eigenvalue weighted by atomic mass is 32.2. The van der Waals surface area contributed by atoms with Crippen molar-refractivity contribution in [3.8, 4) is 5.75 Å². The highest BCUT2D eigenvalue weighted by molar-refractivity contribution is 7.91. The van der Waals surface area contributed by atoms with Gasteiger partial charge in [-0.3, -0.25) is 0 Å². The lowest BCUT2D eigenvalue weighted by molar-refractivity contribution is 0.411. The fraction of sp³-hybridized carbons (Fsp3) is 0.600. The normalized spacial score (nSPS) is 24.6. The SMILES string of the molecule is COc1cccc([C@H](C)NC2CCCC2S(C)(=O)=O)c1. The van der Waals surface area contributed by atoms with Crippen LogP contribution in [0.25, 0.3) is 0 Å². The molecule has 2 rings (SSSR count). The number of methoxy groups -OCH3 is 1. The Kier molecular flexibility index (Phi) is 4.70. The maximum absolute atomic E-state index is 11.8. The van der Waals surface area contributed by atoms with Gasteiger partial charge in [0, 0.05) is 18.3 Å². The van der Waals surface area contributed by atoms with Gasteiger partial charge in [-0.1, -0.05) is 18.6 Å². The summed E-state index contributed by atoms with van der Waals surface area (Å²) >= 11 is 0. The number of sulfone groups is 1.